The molecule has 21 heavy (non-hydrogen) atoms. The highest BCUT2D eigenvalue weighted by Crippen LogP contribution is 2.55. The zero-order valence-electron chi connectivity index (χ0n) is 14.6. The van der Waals surface area contributed by atoms with Crippen LogP contribution in [-0.4, -0.2) is 22.4 Å². The van der Waals surface area contributed by atoms with Gasteiger partial charge in [0.05, 0.1) is 12.2 Å². The van der Waals surface area contributed by atoms with Gasteiger partial charge in [0.1, 0.15) is 0 Å². The fourth-order valence-electron chi connectivity index (χ4n) is 5.56. The lowest BCUT2D eigenvalue weighted by molar-refractivity contribution is -0.148. The molecule has 2 fully saturated rings. The van der Waals surface area contributed by atoms with Crippen molar-refractivity contribution < 1.29 is 10.2 Å². The molecule has 0 saturated heterocycles. The van der Waals surface area contributed by atoms with Gasteiger partial charge in [-0.2, -0.15) is 0 Å². The van der Waals surface area contributed by atoms with Crippen molar-refractivity contribution >= 4 is 0 Å². The Kier molecular flexibility index (Phi) is 5.41. The van der Waals surface area contributed by atoms with Crippen LogP contribution in [0.2, 0.25) is 0 Å². The summed E-state index contributed by atoms with van der Waals surface area (Å²) in [6.07, 6.45) is 9.37. The van der Waals surface area contributed by atoms with E-state index in [0.717, 1.165) is 38.5 Å². The smallest absolute Gasteiger partial charge is 0.0651 e. The van der Waals surface area contributed by atoms with Crippen LogP contribution in [0.15, 0.2) is 0 Å². The second-order valence-corrected chi connectivity index (χ2v) is 7.80. The second kappa shape index (κ2) is 6.58. The summed E-state index contributed by atoms with van der Waals surface area (Å²) >= 11 is 0. The van der Waals surface area contributed by atoms with E-state index in [0.29, 0.717) is 5.92 Å². The Morgan fingerprint density at radius 1 is 0.762 bits per heavy atom. The van der Waals surface area contributed by atoms with E-state index in [4.69, 9.17) is 0 Å². The first kappa shape index (κ1) is 17.3. The Morgan fingerprint density at radius 2 is 1.24 bits per heavy atom. The van der Waals surface area contributed by atoms with E-state index in [1.165, 1.54) is 19.3 Å². The van der Waals surface area contributed by atoms with Gasteiger partial charge in [0.2, 0.25) is 0 Å². The lowest BCUT2D eigenvalue weighted by Gasteiger charge is -2.52. The third-order valence-corrected chi connectivity index (χ3v) is 7.61. The SMILES string of the molecule is CCC1(CC)CCCC2CCC(CC)(CC)C(O)C2C1O. The zero-order chi connectivity index (χ0) is 15.7. The molecule has 0 bridgehead atoms. The molecule has 2 aliphatic carbocycles. The maximum Gasteiger partial charge on any atom is 0.0651 e. The maximum absolute atomic E-state index is 11.2. The first-order valence-corrected chi connectivity index (χ1v) is 9.36. The first-order chi connectivity index (χ1) is 10.00. The van der Waals surface area contributed by atoms with E-state index in [1.54, 1.807) is 0 Å². The van der Waals surface area contributed by atoms with Gasteiger partial charge in [-0.1, -0.05) is 34.1 Å². The fourth-order valence-corrected chi connectivity index (χ4v) is 5.56. The van der Waals surface area contributed by atoms with Crippen LogP contribution in [0.4, 0.5) is 0 Å². The maximum atomic E-state index is 11.2. The van der Waals surface area contributed by atoms with Crippen molar-refractivity contribution in [1.29, 1.82) is 0 Å². The van der Waals surface area contributed by atoms with Gasteiger partial charge < -0.3 is 10.2 Å². The van der Waals surface area contributed by atoms with Gasteiger partial charge in [-0.05, 0) is 68.1 Å². The average molecular weight is 296 g/mol. The summed E-state index contributed by atoms with van der Waals surface area (Å²) in [6, 6.07) is 0. The Labute approximate surface area is 131 Å². The van der Waals surface area contributed by atoms with Crippen LogP contribution in [0.1, 0.15) is 85.5 Å². The van der Waals surface area contributed by atoms with Gasteiger partial charge in [0.15, 0.2) is 0 Å². The Balaban J connectivity index is 2.35. The van der Waals surface area contributed by atoms with Crippen LogP contribution in [0, 0.1) is 22.7 Å². The monoisotopic (exact) mass is 296 g/mol. The predicted octanol–water partition coefficient (Wildman–Crippen LogP) is 4.53. The van der Waals surface area contributed by atoms with E-state index >= 15 is 0 Å². The molecule has 124 valence electrons. The van der Waals surface area contributed by atoms with Crippen LogP contribution in [0.5, 0.6) is 0 Å². The van der Waals surface area contributed by atoms with Gasteiger partial charge >= 0.3 is 0 Å². The van der Waals surface area contributed by atoms with Gasteiger partial charge in [-0.25, -0.2) is 0 Å². The predicted molar refractivity (Wildman–Crippen MR) is 88.1 cm³/mol. The van der Waals surface area contributed by atoms with Gasteiger partial charge in [-0.15, -0.1) is 0 Å². The molecule has 2 saturated carbocycles. The number of aliphatic hydroxyl groups is 2. The molecule has 0 amide bonds. The van der Waals surface area contributed by atoms with Crippen molar-refractivity contribution in [2.75, 3.05) is 0 Å². The molecule has 2 rings (SSSR count). The summed E-state index contributed by atoms with van der Waals surface area (Å²) in [5.41, 5.74) is 0.0741. The molecular weight excluding hydrogens is 260 g/mol. The van der Waals surface area contributed by atoms with Crippen molar-refractivity contribution in [3.05, 3.63) is 0 Å². The van der Waals surface area contributed by atoms with Crippen LogP contribution in [0.25, 0.3) is 0 Å². The molecule has 0 radical (unpaired) electrons. The Hall–Kier alpha value is -0.0800. The van der Waals surface area contributed by atoms with Gasteiger partial charge in [0.25, 0.3) is 0 Å². The second-order valence-electron chi connectivity index (χ2n) is 7.80. The molecule has 4 unspecified atom stereocenters. The minimum absolute atomic E-state index is 0.0327. The van der Waals surface area contributed by atoms with E-state index in [-0.39, 0.29) is 29.0 Å². The van der Waals surface area contributed by atoms with E-state index in [1.807, 2.05) is 0 Å². The molecular formula is C19H36O2. The molecule has 0 aliphatic heterocycles. The number of fused-ring (bicyclic) bond motifs is 1. The molecule has 0 aromatic rings. The minimum atomic E-state index is -0.326. The quantitative estimate of drug-likeness (QED) is 0.800. The summed E-state index contributed by atoms with van der Waals surface area (Å²) in [7, 11) is 0. The summed E-state index contributed by atoms with van der Waals surface area (Å²) < 4.78 is 0. The first-order valence-electron chi connectivity index (χ1n) is 9.36. The molecule has 0 aromatic carbocycles. The molecule has 2 N–H and O–H groups in total. The zero-order valence-corrected chi connectivity index (χ0v) is 14.6. The molecule has 4 atom stereocenters. The minimum Gasteiger partial charge on any atom is -0.392 e. The van der Waals surface area contributed by atoms with Crippen LogP contribution in [-0.2, 0) is 0 Å². The summed E-state index contributed by atoms with van der Waals surface area (Å²) in [5.74, 6) is 0.627. The lowest BCUT2D eigenvalue weighted by atomic mass is 9.56. The van der Waals surface area contributed by atoms with Crippen molar-refractivity contribution in [3.63, 3.8) is 0 Å². The molecule has 2 nitrogen and oxygen atoms in total. The van der Waals surface area contributed by atoms with Gasteiger partial charge in [0, 0.05) is 5.92 Å². The molecule has 2 heteroatoms. The highest BCUT2D eigenvalue weighted by molar-refractivity contribution is 5.03. The number of rotatable bonds is 4. The van der Waals surface area contributed by atoms with Crippen LogP contribution >= 0.6 is 0 Å². The normalized spacial score (nSPS) is 38.6. The number of hydrogen-bond acceptors (Lipinski definition) is 2. The highest BCUT2D eigenvalue weighted by Gasteiger charge is 2.54. The van der Waals surface area contributed by atoms with Crippen molar-refractivity contribution in [3.8, 4) is 0 Å². The highest BCUT2D eigenvalue weighted by atomic mass is 16.3. The molecule has 0 spiro atoms. The molecule has 2 aliphatic rings. The van der Waals surface area contributed by atoms with Gasteiger partial charge in [-0.3, -0.25) is 0 Å². The largest absolute Gasteiger partial charge is 0.392 e. The Bertz CT molecular complexity index is 330. The van der Waals surface area contributed by atoms with Crippen molar-refractivity contribution in [2.24, 2.45) is 22.7 Å². The van der Waals surface area contributed by atoms with Crippen LogP contribution < -0.4 is 0 Å². The number of hydrogen-bond donors (Lipinski definition) is 2. The summed E-state index contributed by atoms with van der Waals surface area (Å²) in [5, 5.41) is 22.4. The number of aliphatic hydroxyl groups excluding tert-OH is 2. The van der Waals surface area contributed by atoms with Crippen LogP contribution in [0.3, 0.4) is 0 Å². The van der Waals surface area contributed by atoms with E-state index in [2.05, 4.69) is 27.7 Å². The van der Waals surface area contributed by atoms with E-state index in [9.17, 15) is 10.2 Å². The van der Waals surface area contributed by atoms with E-state index < -0.39 is 0 Å². The third kappa shape index (κ3) is 2.67. The van der Waals surface area contributed by atoms with Crippen molar-refractivity contribution in [2.45, 2.75) is 97.7 Å². The van der Waals surface area contributed by atoms with Crippen molar-refractivity contribution in [1.82, 2.24) is 0 Å². The fraction of sp³-hybridized carbons (Fsp3) is 1.00. The average Bonchev–Trinajstić information content (AvgIpc) is 2.66. The Morgan fingerprint density at radius 3 is 1.71 bits per heavy atom. The molecule has 0 heterocycles. The topological polar surface area (TPSA) is 40.5 Å². The molecule has 0 aromatic heterocycles. The third-order valence-electron chi connectivity index (χ3n) is 7.61. The lowest BCUT2D eigenvalue weighted by Crippen LogP contribution is -2.54. The summed E-state index contributed by atoms with van der Waals surface area (Å²) in [6.45, 7) is 8.86. The standard InChI is InChI=1S/C19H36O2/c1-5-18(6-2)12-9-10-14-11-13-19(7-3,8-4)17(21)15(14)16(18)20/h14-17,20-21H,5-13H2,1-4H3. The summed E-state index contributed by atoms with van der Waals surface area (Å²) in [4.78, 5) is 0.